The number of nitrogens with zero attached hydrogens (tertiary/aromatic N) is 3. The number of hydrogen-bond donors (Lipinski definition) is 3. The third kappa shape index (κ3) is 3.56. The number of nitriles is 1. The first-order valence-electron chi connectivity index (χ1n) is 6.92. The first-order valence-corrected chi connectivity index (χ1v) is 7.86. The van der Waals surface area contributed by atoms with E-state index in [-0.39, 0.29) is 22.5 Å². The number of allylic oxidation sites excluding steroid dienone is 1. The van der Waals surface area contributed by atoms with Gasteiger partial charge in [-0.3, -0.25) is 14.9 Å². The van der Waals surface area contributed by atoms with Gasteiger partial charge in [0.2, 0.25) is 11.5 Å². The Balaban J connectivity index is 2.70. The number of rotatable bonds is 6. The van der Waals surface area contributed by atoms with Gasteiger partial charge in [0.15, 0.2) is 5.75 Å². The molecule has 0 aliphatic heterocycles. The summed E-state index contributed by atoms with van der Waals surface area (Å²) in [5.41, 5.74) is 0.461. The standard InChI is InChI=1S/C15H12N4O5S/c1-2-17-13(9(5-16)14(21)10-6-25-7-18-10)8-3-11(19(23)24)15(22)12(20)4-8/h3-4,6-7,17,20,22H,2H2,1H3/b13-9-. The predicted molar refractivity (Wildman–Crippen MR) is 89.1 cm³/mol. The SMILES string of the molecule is CCN/C(=C(/C#N)C(=O)c1cscn1)c1cc(O)c(O)c([N+](=O)[O-])c1. The second-order valence-corrected chi connectivity index (χ2v) is 5.43. The maximum Gasteiger partial charge on any atom is 0.315 e. The number of carbonyl (C=O) groups is 1. The zero-order valence-electron chi connectivity index (χ0n) is 12.9. The Bertz CT molecular complexity index is 899. The van der Waals surface area contributed by atoms with Crippen LogP contribution >= 0.6 is 11.3 Å². The quantitative estimate of drug-likeness (QED) is 0.177. The summed E-state index contributed by atoms with van der Waals surface area (Å²) in [5, 5.41) is 44.0. The highest BCUT2D eigenvalue weighted by Crippen LogP contribution is 2.38. The number of aromatic hydroxyl groups is 2. The molecule has 0 atom stereocenters. The number of hydrogen-bond acceptors (Lipinski definition) is 9. The van der Waals surface area contributed by atoms with Gasteiger partial charge in [-0.25, -0.2) is 4.98 Å². The smallest absolute Gasteiger partial charge is 0.315 e. The molecule has 0 saturated heterocycles. The van der Waals surface area contributed by atoms with Gasteiger partial charge in [0.05, 0.1) is 16.1 Å². The molecule has 0 amide bonds. The number of thiazole rings is 1. The molecule has 0 unspecified atom stereocenters. The molecule has 3 N–H and O–H groups in total. The largest absolute Gasteiger partial charge is 0.504 e. The second kappa shape index (κ2) is 7.41. The Kier molecular flexibility index (Phi) is 5.31. The third-order valence-electron chi connectivity index (χ3n) is 3.16. The number of ketones is 1. The highest BCUT2D eigenvalue weighted by Gasteiger charge is 2.24. The van der Waals surface area contributed by atoms with E-state index in [2.05, 4.69) is 10.3 Å². The Hall–Kier alpha value is -3.45. The van der Waals surface area contributed by atoms with Gasteiger partial charge >= 0.3 is 5.69 Å². The van der Waals surface area contributed by atoms with Crippen LogP contribution in [0.15, 0.2) is 28.6 Å². The number of Topliss-reactive ketones (excluding diaryl/α,β-unsaturated/α-hetero) is 1. The number of carbonyl (C=O) groups excluding carboxylic acids is 1. The van der Waals surface area contributed by atoms with Crippen LogP contribution < -0.4 is 5.32 Å². The monoisotopic (exact) mass is 360 g/mol. The van der Waals surface area contributed by atoms with Crippen molar-refractivity contribution in [3.8, 4) is 17.6 Å². The summed E-state index contributed by atoms with van der Waals surface area (Å²) in [5.74, 6) is -2.29. The topological polar surface area (TPSA) is 149 Å². The Morgan fingerprint density at radius 3 is 2.72 bits per heavy atom. The summed E-state index contributed by atoms with van der Waals surface area (Å²) < 4.78 is 0. The fourth-order valence-corrected chi connectivity index (χ4v) is 2.60. The van der Waals surface area contributed by atoms with Crippen LogP contribution in [0.5, 0.6) is 11.5 Å². The Morgan fingerprint density at radius 1 is 1.48 bits per heavy atom. The molecule has 0 radical (unpaired) electrons. The van der Waals surface area contributed by atoms with Crippen LogP contribution in [0, 0.1) is 21.4 Å². The molecule has 1 aromatic carbocycles. The van der Waals surface area contributed by atoms with Crippen LogP contribution in [0.25, 0.3) is 5.70 Å². The number of nitrogens with one attached hydrogen (secondary N) is 1. The van der Waals surface area contributed by atoms with Crippen LogP contribution in [0.2, 0.25) is 0 Å². The van der Waals surface area contributed by atoms with E-state index in [0.717, 1.165) is 12.1 Å². The van der Waals surface area contributed by atoms with E-state index in [1.165, 1.54) is 22.2 Å². The molecule has 25 heavy (non-hydrogen) atoms. The number of nitro groups is 1. The van der Waals surface area contributed by atoms with Crippen molar-refractivity contribution < 1.29 is 19.9 Å². The lowest BCUT2D eigenvalue weighted by Crippen LogP contribution is -2.17. The molecule has 128 valence electrons. The van der Waals surface area contributed by atoms with E-state index < -0.39 is 27.9 Å². The van der Waals surface area contributed by atoms with Crippen LogP contribution in [-0.2, 0) is 0 Å². The van der Waals surface area contributed by atoms with Gasteiger partial charge in [-0.2, -0.15) is 5.26 Å². The van der Waals surface area contributed by atoms with Crippen molar-refractivity contribution in [1.29, 1.82) is 5.26 Å². The summed E-state index contributed by atoms with van der Waals surface area (Å²) >= 11 is 1.18. The average Bonchev–Trinajstić information content (AvgIpc) is 3.11. The molecule has 1 aromatic heterocycles. The Morgan fingerprint density at radius 2 is 2.20 bits per heavy atom. The molecular weight excluding hydrogens is 348 g/mol. The molecule has 0 bridgehead atoms. The number of phenolic OH excluding ortho intramolecular Hbond substituents is 2. The number of nitro benzene ring substituents is 1. The normalized spacial score (nSPS) is 11.4. The molecule has 1 heterocycles. The number of phenols is 2. The molecular formula is C15H12N4O5S. The highest BCUT2D eigenvalue weighted by molar-refractivity contribution is 7.07. The zero-order valence-corrected chi connectivity index (χ0v) is 13.7. The lowest BCUT2D eigenvalue weighted by molar-refractivity contribution is -0.386. The molecule has 10 heteroatoms. The number of benzene rings is 1. The molecule has 9 nitrogen and oxygen atoms in total. The molecule has 0 fully saturated rings. The van der Waals surface area contributed by atoms with Gasteiger partial charge in [-0.1, -0.05) is 0 Å². The van der Waals surface area contributed by atoms with E-state index in [0.29, 0.717) is 6.54 Å². The summed E-state index contributed by atoms with van der Waals surface area (Å²) in [6, 6.07) is 3.78. The van der Waals surface area contributed by atoms with Crippen molar-refractivity contribution in [2.24, 2.45) is 0 Å². The lowest BCUT2D eigenvalue weighted by Gasteiger charge is -2.12. The average molecular weight is 360 g/mol. The molecule has 0 spiro atoms. The van der Waals surface area contributed by atoms with Crippen LogP contribution in [0.4, 0.5) is 5.69 Å². The summed E-state index contributed by atoms with van der Waals surface area (Å²) in [6.07, 6.45) is 0. The zero-order chi connectivity index (χ0) is 18.6. The first kappa shape index (κ1) is 17.9. The maximum absolute atomic E-state index is 12.5. The van der Waals surface area contributed by atoms with Crippen LogP contribution in [-0.4, -0.2) is 32.4 Å². The minimum Gasteiger partial charge on any atom is -0.504 e. The molecule has 0 aliphatic carbocycles. The fraction of sp³-hybridized carbons (Fsp3) is 0.133. The maximum atomic E-state index is 12.5. The van der Waals surface area contributed by atoms with E-state index in [1.807, 2.05) is 0 Å². The minimum atomic E-state index is -0.895. The first-order chi connectivity index (χ1) is 11.9. The summed E-state index contributed by atoms with van der Waals surface area (Å²) in [4.78, 5) is 26.5. The van der Waals surface area contributed by atoms with Crippen molar-refractivity contribution in [2.45, 2.75) is 6.92 Å². The van der Waals surface area contributed by atoms with E-state index in [4.69, 9.17) is 0 Å². The number of aromatic nitrogens is 1. The van der Waals surface area contributed by atoms with Gasteiger partial charge < -0.3 is 15.5 Å². The van der Waals surface area contributed by atoms with Gasteiger partial charge in [0.1, 0.15) is 17.3 Å². The van der Waals surface area contributed by atoms with E-state index >= 15 is 0 Å². The van der Waals surface area contributed by atoms with Crippen molar-refractivity contribution in [2.75, 3.05) is 6.54 Å². The molecule has 2 rings (SSSR count). The Labute approximate surface area is 145 Å². The lowest BCUT2D eigenvalue weighted by atomic mass is 10.0. The van der Waals surface area contributed by atoms with Crippen LogP contribution in [0.1, 0.15) is 23.0 Å². The fourth-order valence-electron chi connectivity index (χ4n) is 2.07. The third-order valence-corrected chi connectivity index (χ3v) is 3.75. The van der Waals surface area contributed by atoms with Gasteiger partial charge in [0, 0.05) is 23.6 Å². The molecule has 0 aliphatic rings. The molecule has 0 saturated carbocycles. The van der Waals surface area contributed by atoms with Crippen molar-refractivity contribution in [1.82, 2.24) is 10.3 Å². The van der Waals surface area contributed by atoms with Gasteiger partial charge in [-0.15, -0.1) is 11.3 Å². The second-order valence-electron chi connectivity index (χ2n) is 4.72. The van der Waals surface area contributed by atoms with E-state index in [1.54, 1.807) is 13.0 Å². The predicted octanol–water partition coefficient (Wildman–Crippen LogP) is 2.19. The molecule has 2 aromatic rings. The van der Waals surface area contributed by atoms with Crippen molar-refractivity contribution in [3.63, 3.8) is 0 Å². The highest BCUT2D eigenvalue weighted by atomic mass is 32.1. The van der Waals surface area contributed by atoms with Gasteiger partial charge in [-0.05, 0) is 13.0 Å². The van der Waals surface area contributed by atoms with Crippen molar-refractivity contribution in [3.05, 3.63) is 50.0 Å². The van der Waals surface area contributed by atoms with E-state index in [9.17, 15) is 30.4 Å². The summed E-state index contributed by atoms with van der Waals surface area (Å²) in [7, 11) is 0. The van der Waals surface area contributed by atoms with Crippen molar-refractivity contribution >= 4 is 28.5 Å². The summed E-state index contributed by atoms with van der Waals surface area (Å²) in [6.45, 7) is 2.01. The minimum absolute atomic E-state index is 0.00130. The van der Waals surface area contributed by atoms with Gasteiger partial charge in [0.25, 0.3) is 0 Å². The van der Waals surface area contributed by atoms with Crippen LogP contribution in [0.3, 0.4) is 0 Å².